The maximum atomic E-state index is 14.8. The average Bonchev–Trinajstić information content (AvgIpc) is 2.95. The molecule has 43 heavy (non-hydrogen) atoms. The highest BCUT2D eigenvalue weighted by atomic mass is 16.6. The van der Waals surface area contributed by atoms with Gasteiger partial charge >= 0.3 is 6.09 Å². The molecule has 0 saturated heterocycles. The third-order valence-electron chi connectivity index (χ3n) is 7.69. The highest BCUT2D eigenvalue weighted by molar-refractivity contribution is 5.93. The summed E-state index contributed by atoms with van der Waals surface area (Å²) in [6.45, 7) is 15.6. The van der Waals surface area contributed by atoms with Crippen molar-refractivity contribution in [1.29, 1.82) is 0 Å². The van der Waals surface area contributed by atoms with Crippen LogP contribution in [0.15, 0.2) is 78.9 Å². The van der Waals surface area contributed by atoms with Crippen LogP contribution in [-0.2, 0) is 27.3 Å². The van der Waals surface area contributed by atoms with E-state index < -0.39 is 29.3 Å². The molecule has 3 amide bonds. The second-order valence-corrected chi connectivity index (χ2v) is 12.7. The molecule has 2 N–H and O–H groups in total. The van der Waals surface area contributed by atoms with E-state index in [2.05, 4.69) is 10.6 Å². The van der Waals surface area contributed by atoms with Gasteiger partial charge in [0.05, 0.1) is 0 Å². The Bertz CT molecular complexity index is 1380. The lowest BCUT2D eigenvalue weighted by Crippen LogP contribution is -2.59. The number of rotatable bonds is 11. The number of nitrogens with one attached hydrogen (secondary N) is 2. The average molecular weight is 586 g/mol. The van der Waals surface area contributed by atoms with Gasteiger partial charge < -0.3 is 20.3 Å². The van der Waals surface area contributed by atoms with Crippen LogP contribution >= 0.6 is 0 Å². The molecule has 7 nitrogen and oxygen atoms in total. The number of carbonyl (C=O) groups excluding carboxylic acids is 3. The van der Waals surface area contributed by atoms with Crippen molar-refractivity contribution in [2.45, 2.75) is 98.0 Å². The van der Waals surface area contributed by atoms with Crippen molar-refractivity contribution in [3.8, 4) is 0 Å². The van der Waals surface area contributed by atoms with Crippen LogP contribution in [0.25, 0.3) is 0 Å². The molecule has 3 aromatic carbocycles. The highest BCUT2D eigenvalue weighted by Gasteiger charge is 2.43. The Balaban J connectivity index is 2.11. The smallest absolute Gasteiger partial charge is 0.408 e. The van der Waals surface area contributed by atoms with Crippen LogP contribution in [0.1, 0.15) is 81.8 Å². The molecule has 3 rings (SSSR count). The number of ether oxygens (including phenoxy) is 1. The number of benzene rings is 3. The first-order chi connectivity index (χ1) is 20.2. The molecule has 0 heterocycles. The molecular weight excluding hydrogens is 538 g/mol. The summed E-state index contributed by atoms with van der Waals surface area (Å²) in [6.07, 6.45) is 0.129. The summed E-state index contributed by atoms with van der Waals surface area (Å²) in [5.41, 5.74) is 3.17. The molecule has 3 aromatic rings. The zero-order chi connectivity index (χ0) is 31.8. The summed E-state index contributed by atoms with van der Waals surface area (Å²) in [6, 6.07) is 23.2. The van der Waals surface area contributed by atoms with Gasteiger partial charge in [-0.1, -0.05) is 85.8 Å². The molecule has 0 aliphatic rings. The van der Waals surface area contributed by atoms with E-state index in [0.717, 1.165) is 22.3 Å². The van der Waals surface area contributed by atoms with Crippen molar-refractivity contribution >= 4 is 17.9 Å². The third-order valence-corrected chi connectivity index (χ3v) is 7.69. The molecule has 0 fully saturated rings. The molecule has 0 spiro atoms. The van der Waals surface area contributed by atoms with Crippen LogP contribution in [-0.4, -0.2) is 40.0 Å². The van der Waals surface area contributed by atoms with Gasteiger partial charge in [0.15, 0.2) is 0 Å². The van der Waals surface area contributed by atoms with Crippen molar-refractivity contribution in [2.24, 2.45) is 0 Å². The zero-order valence-corrected chi connectivity index (χ0v) is 26.9. The molecule has 0 aliphatic heterocycles. The lowest BCUT2D eigenvalue weighted by atomic mass is 9.90. The maximum absolute atomic E-state index is 14.8. The van der Waals surface area contributed by atoms with Gasteiger partial charge in [-0.3, -0.25) is 9.59 Å². The predicted octanol–water partition coefficient (Wildman–Crippen LogP) is 6.81. The Morgan fingerprint density at radius 1 is 0.814 bits per heavy atom. The number of aryl methyl sites for hydroxylation is 2. The van der Waals surface area contributed by atoms with E-state index in [1.165, 1.54) is 0 Å². The molecular formula is C36H47N3O4. The van der Waals surface area contributed by atoms with E-state index in [0.29, 0.717) is 18.5 Å². The first-order valence-electron chi connectivity index (χ1n) is 15.0. The Morgan fingerprint density at radius 2 is 1.40 bits per heavy atom. The normalized spacial score (nSPS) is 13.0. The Labute approximate surface area is 257 Å². The van der Waals surface area contributed by atoms with Gasteiger partial charge in [-0.2, -0.15) is 0 Å². The first-order valence-corrected chi connectivity index (χ1v) is 15.0. The summed E-state index contributed by atoms with van der Waals surface area (Å²) < 4.78 is 5.56. The molecule has 0 bridgehead atoms. The van der Waals surface area contributed by atoms with Crippen LogP contribution in [0.4, 0.5) is 4.79 Å². The minimum absolute atomic E-state index is 0.237. The largest absolute Gasteiger partial charge is 0.444 e. The van der Waals surface area contributed by atoms with E-state index in [-0.39, 0.29) is 18.2 Å². The van der Waals surface area contributed by atoms with E-state index in [4.69, 9.17) is 4.74 Å². The van der Waals surface area contributed by atoms with E-state index >= 15 is 0 Å². The van der Waals surface area contributed by atoms with Crippen molar-refractivity contribution in [1.82, 2.24) is 15.5 Å². The summed E-state index contributed by atoms with van der Waals surface area (Å²) >= 11 is 0. The van der Waals surface area contributed by atoms with Gasteiger partial charge in [-0.25, -0.2) is 4.79 Å². The number of hydrogen-bond acceptors (Lipinski definition) is 4. The second-order valence-electron chi connectivity index (χ2n) is 12.7. The van der Waals surface area contributed by atoms with Crippen LogP contribution < -0.4 is 10.6 Å². The van der Waals surface area contributed by atoms with Crippen LogP contribution in [0.3, 0.4) is 0 Å². The summed E-state index contributed by atoms with van der Waals surface area (Å²) in [4.78, 5) is 43.7. The molecule has 0 saturated carbocycles. The molecule has 0 aromatic heterocycles. The standard InChI is InChI=1S/C36H47N3O4/c1-9-36(7,8)39(33(41)30(23-27-16-12-10-13-17-27)38-34(42)43-35(4,5)6)31(29-21-20-25(2)26(3)22-29)32(40)37-24-28-18-14-11-15-19-28/h10-22,30-31H,9,23-24H2,1-8H3,(H,37,40)(H,38,42). The number of alkyl carbamates (subject to hydrolysis) is 1. The number of hydrogen-bond donors (Lipinski definition) is 2. The highest BCUT2D eigenvalue weighted by Crippen LogP contribution is 2.33. The molecule has 0 radical (unpaired) electrons. The van der Waals surface area contributed by atoms with Gasteiger partial charge in [-0.05, 0) is 82.7 Å². The van der Waals surface area contributed by atoms with Crippen molar-refractivity contribution in [3.63, 3.8) is 0 Å². The molecule has 2 atom stereocenters. The SMILES string of the molecule is CCC(C)(C)N(C(=O)C(Cc1ccccc1)NC(=O)OC(C)(C)C)C(C(=O)NCc1ccccc1)c1ccc(C)c(C)c1. The fraction of sp³-hybridized carbons (Fsp3) is 0.417. The van der Waals surface area contributed by atoms with E-state index in [1.807, 2.05) is 113 Å². The van der Waals surface area contributed by atoms with E-state index in [9.17, 15) is 14.4 Å². The molecule has 2 unspecified atom stereocenters. The Hall–Kier alpha value is -4.13. The Kier molecular flexibility index (Phi) is 11.1. The molecule has 7 heteroatoms. The van der Waals surface area contributed by atoms with Crippen molar-refractivity contribution in [2.75, 3.05) is 0 Å². The van der Waals surface area contributed by atoms with Crippen LogP contribution in [0.2, 0.25) is 0 Å². The Morgan fingerprint density at radius 3 is 1.93 bits per heavy atom. The quantitative estimate of drug-likeness (QED) is 0.259. The van der Waals surface area contributed by atoms with E-state index in [1.54, 1.807) is 25.7 Å². The van der Waals surface area contributed by atoms with Gasteiger partial charge in [-0.15, -0.1) is 0 Å². The second kappa shape index (κ2) is 14.4. The van der Waals surface area contributed by atoms with Crippen molar-refractivity contribution in [3.05, 3.63) is 107 Å². The lowest BCUT2D eigenvalue weighted by Gasteiger charge is -2.44. The number of nitrogens with zero attached hydrogens (tertiary/aromatic N) is 1. The first kappa shape index (κ1) is 33.4. The topological polar surface area (TPSA) is 87.7 Å². The van der Waals surface area contributed by atoms with Gasteiger partial charge in [0.25, 0.3) is 0 Å². The van der Waals surface area contributed by atoms with Gasteiger partial charge in [0, 0.05) is 18.5 Å². The number of carbonyl (C=O) groups is 3. The molecule has 0 aliphatic carbocycles. The predicted molar refractivity (Wildman–Crippen MR) is 171 cm³/mol. The minimum atomic E-state index is -0.973. The van der Waals surface area contributed by atoms with Gasteiger partial charge in [0.2, 0.25) is 11.8 Å². The fourth-order valence-electron chi connectivity index (χ4n) is 4.85. The van der Waals surface area contributed by atoms with Crippen LogP contribution in [0, 0.1) is 13.8 Å². The van der Waals surface area contributed by atoms with Crippen LogP contribution in [0.5, 0.6) is 0 Å². The third kappa shape index (κ3) is 9.43. The summed E-state index contributed by atoms with van der Waals surface area (Å²) in [5.74, 6) is -0.655. The summed E-state index contributed by atoms with van der Waals surface area (Å²) in [7, 11) is 0. The van der Waals surface area contributed by atoms with Crippen molar-refractivity contribution < 1.29 is 19.1 Å². The zero-order valence-electron chi connectivity index (χ0n) is 26.9. The molecule has 230 valence electrons. The summed E-state index contributed by atoms with van der Waals surface area (Å²) in [5, 5.41) is 5.92. The minimum Gasteiger partial charge on any atom is -0.444 e. The maximum Gasteiger partial charge on any atom is 0.408 e. The van der Waals surface area contributed by atoms with Gasteiger partial charge in [0.1, 0.15) is 17.7 Å². The lowest BCUT2D eigenvalue weighted by molar-refractivity contribution is -0.149. The number of amides is 3. The monoisotopic (exact) mass is 585 g/mol. The fourth-order valence-corrected chi connectivity index (χ4v) is 4.85.